The van der Waals surface area contributed by atoms with Crippen molar-refractivity contribution >= 4 is 50.3 Å². The highest BCUT2D eigenvalue weighted by Gasteiger charge is 2.19. The molecule has 0 amide bonds. The van der Waals surface area contributed by atoms with Gasteiger partial charge in [-0.05, 0) is 47.3 Å². The molecule has 0 bridgehead atoms. The number of nitrogens with one attached hydrogen (secondary N) is 1. The number of aliphatic carboxylic acids is 1. The minimum atomic E-state index is -0.770. The van der Waals surface area contributed by atoms with Crippen molar-refractivity contribution < 1.29 is 13.5 Å². The molecule has 4 nitrogen and oxygen atoms in total. The second-order valence-corrected chi connectivity index (χ2v) is 6.38. The highest BCUT2D eigenvalue weighted by Crippen LogP contribution is 2.25. The smallest absolute Gasteiger partial charge is 0.332 e. The fourth-order valence-corrected chi connectivity index (χ4v) is 3.38. The molecule has 0 spiro atoms. The number of aromatic nitrogens is 1. The lowest BCUT2D eigenvalue weighted by molar-refractivity contribution is -0.242. The van der Waals surface area contributed by atoms with Crippen molar-refractivity contribution in [1.82, 2.24) is 4.98 Å². The summed E-state index contributed by atoms with van der Waals surface area (Å²) >= 11 is 6.87. The Balaban J connectivity index is 2.31. The van der Waals surface area contributed by atoms with E-state index < -0.39 is 5.97 Å². The van der Waals surface area contributed by atoms with Gasteiger partial charge in [0.05, 0.1) is 4.48 Å². The van der Waals surface area contributed by atoms with Crippen LogP contribution in [-0.4, -0.2) is 25.9 Å². The number of hydrogen-bond acceptors (Lipinski definition) is 1. The molecule has 1 aromatic rings. The second-order valence-electron chi connectivity index (χ2n) is 4.70. The van der Waals surface area contributed by atoms with Crippen molar-refractivity contribution in [1.29, 1.82) is 0 Å². The molecule has 1 aromatic heterocycles. The van der Waals surface area contributed by atoms with Gasteiger partial charge in [-0.15, -0.1) is 3.60 Å². The topological polar surface area (TPSA) is 56.1 Å². The maximum atomic E-state index is 10.7. The summed E-state index contributed by atoms with van der Waals surface area (Å²) in [6.07, 6.45) is 6.66. The van der Waals surface area contributed by atoms with E-state index >= 15 is 0 Å². The first-order valence-electron chi connectivity index (χ1n) is 6.17. The van der Waals surface area contributed by atoms with Crippen molar-refractivity contribution in [3.05, 3.63) is 38.8 Å². The molecular weight excluding hydrogens is 388 g/mol. The number of rotatable bonds is 4. The average molecular weight is 403 g/mol. The summed E-state index contributed by atoms with van der Waals surface area (Å²) in [7, 11) is 0. The van der Waals surface area contributed by atoms with Crippen molar-refractivity contribution in [2.75, 3.05) is 0 Å². The Kier molecular flexibility index (Phi) is 4.65. The molecule has 0 atom stereocenters. The number of carbonyl (C=O) groups is 1. The minimum Gasteiger partial charge on any atom is -0.481 e. The van der Waals surface area contributed by atoms with Gasteiger partial charge in [-0.2, -0.15) is 0 Å². The number of halogens is 2. The van der Waals surface area contributed by atoms with Crippen LogP contribution in [0.1, 0.15) is 28.9 Å². The average Bonchev–Trinajstić information content (AvgIpc) is 2.79. The zero-order chi connectivity index (χ0) is 14.9. The van der Waals surface area contributed by atoms with E-state index in [2.05, 4.69) is 37.1 Å². The van der Waals surface area contributed by atoms with E-state index in [1.165, 1.54) is 0 Å². The lowest BCUT2D eigenvalue weighted by Gasteiger charge is -1.99. The van der Waals surface area contributed by atoms with Crippen LogP contribution in [0.3, 0.4) is 0 Å². The summed E-state index contributed by atoms with van der Waals surface area (Å²) in [6, 6.07) is 0. The number of H-pyrrole nitrogens is 1. The molecule has 20 heavy (non-hydrogen) atoms. The van der Waals surface area contributed by atoms with Crippen LogP contribution in [-0.2, 0) is 11.2 Å². The maximum absolute atomic E-state index is 10.7. The molecule has 2 rings (SSSR count). The summed E-state index contributed by atoms with van der Waals surface area (Å²) in [5.74, 6) is -0.770. The van der Waals surface area contributed by atoms with E-state index in [9.17, 15) is 4.79 Å². The zero-order valence-corrected chi connectivity index (χ0v) is 14.4. The van der Waals surface area contributed by atoms with E-state index in [1.54, 1.807) is 0 Å². The van der Waals surface area contributed by atoms with Gasteiger partial charge in [0, 0.05) is 30.0 Å². The Morgan fingerprint density at radius 1 is 1.50 bits per heavy atom. The molecule has 0 radical (unpaired) electrons. The predicted molar refractivity (Wildman–Crippen MR) is 86.5 cm³/mol. The Labute approximate surface area is 134 Å². The summed E-state index contributed by atoms with van der Waals surface area (Å²) in [4.78, 5) is 14.0. The molecule has 0 unspecified atom stereocenters. The molecule has 2 heterocycles. The van der Waals surface area contributed by atoms with Crippen LogP contribution < -0.4 is 0 Å². The van der Waals surface area contributed by atoms with Crippen molar-refractivity contribution in [3.63, 3.8) is 0 Å². The molecule has 0 saturated heterocycles. The maximum Gasteiger partial charge on any atom is 0.332 e. The first-order valence-corrected chi connectivity index (χ1v) is 7.67. The van der Waals surface area contributed by atoms with Crippen LogP contribution in [0.4, 0.5) is 0 Å². The number of carboxylic acid groups (broad SMARTS) is 1. The van der Waals surface area contributed by atoms with E-state index in [-0.39, 0.29) is 6.42 Å². The standard InChI is InChI=1S/C14H14Br2N2O2/c1-8-12(3-4-14(19)20)9(2)17-13(8)6-11-5-10(15)7-18(11)16/h5-7H,3-4H2,1-2H3,(H,19,20)/p+1. The molecule has 106 valence electrons. The van der Waals surface area contributed by atoms with Crippen molar-refractivity contribution in [3.8, 4) is 0 Å². The van der Waals surface area contributed by atoms with E-state index in [0.29, 0.717) is 6.42 Å². The predicted octanol–water partition coefficient (Wildman–Crippen LogP) is 3.68. The van der Waals surface area contributed by atoms with Crippen LogP contribution in [0.2, 0.25) is 0 Å². The molecule has 2 N–H and O–H groups in total. The van der Waals surface area contributed by atoms with Gasteiger partial charge in [-0.25, -0.2) is 0 Å². The number of allylic oxidation sites excluding steroid dienone is 2. The van der Waals surface area contributed by atoms with Gasteiger partial charge in [0.15, 0.2) is 6.21 Å². The molecule has 0 fully saturated rings. The third-order valence-corrected chi connectivity index (χ3v) is 4.33. The highest BCUT2D eigenvalue weighted by atomic mass is 79.9. The summed E-state index contributed by atoms with van der Waals surface area (Å²) < 4.78 is 2.84. The van der Waals surface area contributed by atoms with Gasteiger partial charge < -0.3 is 10.1 Å². The number of aryl methyl sites for hydroxylation is 1. The quantitative estimate of drug-likeness (QED) is 0.754. The van der Waals surface area contributed by atoms with Crippen molar-refractivity contribution in [2.45, 2.75) is 26.7 Å². The molecule has 6 heteroatoms. The van der Waals surface area contributed by atoms with Gasteiger partial charge in [-0.3, -0.25) is 4.79 Å². The monoisotopic (exact) mass is 401 g/mol. The van der Waals surface area contributed by atoms with Crippen LogP contribution in [0, 0.1) is 13.8 Å². The van der Waals surface area contributed by atoms with E-state index in [0.717, 1.165) is 32.7 Å². The Bertz CT molecular complexity index is 654. The molecule has 1 aliphatic heterocycles. The second kappa shape index (κ2) is 6.10. The van der Waals surface area contributed by atoms with Gasteiger partial charge in [-0.1, -0.05) is 0 Å². The molecule has 0 saturated carbocycles. The van der Waals surface area contributed by atoms with Crippen LogP contribution in [0.25, 0.3) is 6.08 Å². The lowest BCUT2D eigenvalue weighted by Crippen LogP contribution is -1.98. The summed E-state index contributed by atoms with van der Waals surface area (Å²) in [5.41, 5.74) is 5.24. The lowest BCUT2D eigenvalue weighted by atomic mass is 10.0. The Morgan fingerprint density at radius 3 is 2.75 bits per heavy atom. The third-order valence-electron chi connectivity index (χ3n) is 3.28. The van der Waals surface area contributed by atoms with Gasteiger partial charge >= 0.3 is 22.1 Å². The Hall–Kier alpha value is -1.14. The van der Waals surface area contributed by atoms with Crippen LogP contribution >= 0.6 is 32.1 Å². The van der Waals surface area contributed by atoms with Crippen LogP contribution in [0.15, 0.2) is 16.3 Å². The SMILES string of the molecule is Cc1[nH]c(/C=C2/C=C(Br)C=[N+]2Br)c(C)c1CCC(=O)O. The van der Waals surface area contributed by atoms with Crippen LogP contribution in [0.5, 0.6) is 0 Å². The number of aromatic amines is 1. The minimum absolute atomic E-state index is 0.152. The molecule has 1 aliphatic rings. The highest BCUT2D eigenvalue weighted by molar-refractivity contribution is 9.12. The van der Waals surface area contributed by atoms with Gasteiger partial charge in [0.1, 0.15) is 0 Å². The molecule has 0 aromatic carbocycles. The van der Waals surface area contributed by atoms with Gasteiger partial charge in [0.25, 0.3) is 0 Å². The normalized spacial score (nSPS) is 16.5. The molecule has 0 aliphatic carbocycles. The van der Waals surface area contributed by atoms with E-state index in [1.807, 2.05) is 35.8 Å². The fourth-order valence-electron chi connectivity index (χ4n) is 2.24. The zero-order valence-electron chi connectivity index (χ0n) is 11.2. The Morgan fingerprint density at radius 2 is 2.20 bits per heavy atom. The van der Waals surface area contributed by atoms with Gasteiger partial charge in [0.2, 0.25) is 5.70 Å². The number of nitrogens with zero attached hydrogens (tertiary/aromatic N) is 1. The van der Waals surface area contributed by atoms with E-state index in [4.69, 9.17) is 5.11 Å². The first kappa shape index (κ1) is 15.3. The molecular formula is C14H15Br2N2O2+. The first-order chi connectivity index (χ1) is 9.38. The van der Waals surface area contributed by atoms with Crippen molar-refractivity contribution in [2.24, 2.45) is 0 Å². The fraction of sp³-hybridized carbons (Fsp3) is 0.286. The number of hydrogen-bond donors (Lipinski definition) is 2. The summed E-state index contributed by atoms with van der Waals surface area (Å²) in [6.45, 7) is 3.99. The summed E-state index contributed by atoms with van der Waals surface area (Å²) in [5, 5.41) is 8.80. The largest absolute Gasteiger partial charge is 0.481 e. The third kappa shape index (κ3) is 3.30. The number of carboxylic acids is 1.